The Kier molecular flexibility index (Phi) is 6.87. The second kappa shape index (κ2) is 8.43. The topological polar surface area (TPSA) is 78.6 Å². The van der Waals surface area contributed by atoms with Crippen molar-refractivity contribution in [1.29, 1.82) is 0 Å². The van der Waals surface area contributed by atoms with Crippen molar-refractivity contribution in [3.05, 3.63) is 23.8 Å². The first-order chi connectivity index (χ1) is 9.56. The fourth-order valence-corrected chi connectivity index (χ4v) is 1.91. The molecule has 1 aromatic rings. The third-order valence-electron chi connectivity index (χ3n) is 3.11. The summed E-state index contributed by atoms with van der Waals surface area (Å²) >= 11 is 0. The SMILES string of the molecule is CN(C)C(=O)c1ccc(N)c(NCCCCCCO)c1. The van der Waals surface area contributed by atoms with Gasteiger partial charge in [0.1, 0.15) is 0 Å². The number of carbonyl (C=O) groups excluding carboxylic acids is 1. The lowest BCUT2D eigenvalue weighted by atomic mass is 10.1. The van der Waals surface area contributed by atoms with E-state index in [-0.39, 0.29) is 12.5 Å². The fourth-order valence-electron chi connectivity index (χ4n) is 1.91. The maximum atomic E-state index is 11.9. The van der Waals surface area contributed by atoms with Crippen LogP contribution < -0.4 is 11.1 Å². The molecule has 0 unspecified atom stereocenters. The van der Waals surface area contributed by atoms with E-state index < -0.39 is 0 Å². The number of unbranched alkanes of at least 4 members (excludes halogenated alkanes) is 3. The van der Waals surface area contributed by atoms with Gasteiger partial charge in [-0.3, -0.25) is 4.79 Å². The highest BCUT2D eigenvalue weighted by atomic mass is 16.2. The number of benzene rings is 1. The van der Waals surface area contributed by atoms with Crippen LogP contribution in [0.1, 0.15) is 36.0 Å². The van der Waals surface area contributed by atoms with Crippen LogP contribution in [0.5, 0.6) is 0 Å². The molecule has 0 fully saturated rings. The van der Waals surface area contributed by atoms with Crippen molar-refractivity contribution in [2.45, 2.75) is 25.7 Å². The molecule has 0 radical (unpaired) electrons. The Balaban J connectivity index is 2.52. The number of nitrogen functional groups attached to an aromatic ring is 1. The zero-order chi connectivity index (χ0) is 15.0. The van der Waals surface area contributed by atoms with Crippen molar-refractivity contribution in [3.63, 3.8) is 0 Å². The third kappa shape index (κ3) is 5.09. The minimum Gasteiger partial charge on any atom is -0.397 e. The molecule has 0 heterocycles. The molecule has 20 heavy (non-hydrogen) atoms. The van der Waals surface area contributed by atoms with Gasteiger partial charge in [0.25, 0.3) is 5.91 Å². The van der Waals surface area contributed by atoms with Gasteiger partial charge < -0.3 is 21.1 Å². The van der Waals surface area contributed by atoms with Crippen LogP contribution in [0.3, 0.4) is 0 Å². The smallest absolute Gasteiger partial charge is 0.253 e. The Labute approximate surface area is 120 Å². The molecule has 1 rings (SSSR count). The highest BCUT2D eigenvalue weighted by Gasteiger charge is 2.09. The van der Waals surface area contributed by atoms with E-state index in [0.717, 1.165) is 37.9 Å². The summed E-state index contributed by atoms with van der Waals surface area (Å²) in [5.41, 5.74) is 7.99. The zero-order valence-corrected chi connectivity index (χ0v) is 12.4. The standard InChI is InChI=1S/C15H25N3O2/c1-18(2)15(20)12-7-8-13(16)14(11-12)17-9-5-3-4-6-10-19/h7-8,11,17,19H,3-6,9-10,16H2,1-2H3. The number of nitrogens with two attached hydrogens (primary N) is 1. The number of nitrogens with one attached hydrogen (secondary N) is 1. The van der Waals surface area contributed by atoms with Crippen molar-refractivity contribution in [3.8, 4) is 0 Å². The van der Waals surface area contributed by atoms with E-state index in [1.54, 1.807) is 37.2 Å². The molecule has 1 aromatic carbocycles. The maximum absolute atomic E-state index is 11.9. The Hall–Kier alpha value is -1.75. The number of anilines is 2. The van der Waals surface area contributed by atoms with E-state index in [1.807, 2.05) is 0 Å². The average Bonchev–Trinajstić information content (AvgIpc) is 2.43. The molecular weight excluding hydrogens is 254 g/mol. The third-order valence-corrected chi connectivity index (χ3v) is 3.11. The minimum absolute atomic E-state index is 0.0315. The number of aliphatic hydroxyl groups excluding tert-OH is 1. The lowest BCUT2D eigenvalue weighted by Crippen LogP contribution is -2.21. The highest BCUT2D eigenvalue weighted by molar-refractivity contribution is 5.95. The minimum atomic E-state index is -0.0315. The van der Waals surface area contributed by atoms with E-state index in [0.29, 0.717) is 11.3 Å². The van der Waals surface area contributed by atoms with Gasteiger partial charge in [0.15, 0.2) is 0 Å². The van der Waals surface area contributed by atoms with Gasteiger partial charge in [-0.15, -0.1) is 0 Å². The number of amides is 1. The molecule has 0 spiro atoms. The van der Waals surface area contributed by atoms with Crippen molar-refractivity contribution >= 4 is 17.3 Å². The van der Waals surface area contributed by atoms with Crippen molar-refractivity contribution < 1.29 is 9.90 Å². The number of hydrogen-bond donors (Lipinski definition) is 3. The molecule has 5 nitrogen and oxygen atoms in total. The molecule has 0 aliphatic rings. The second-order valence-electron chi connectivity index (χ2n) is 5.07. The summed E-state index contributed by atoms with van der Waals surface area (Å²) in [4.78, 5) is 13.4. The molecule has 5 heteroatoms. The van der Waals surface area contributed by atoms with Crippen molar-refractivity contribution in [2.24, 2.45) is 0 Å². The van der Waals surface area contributed by atoms with E-state index in [1.165, 1.54) is 0 Å². The van der Waals surface area contributed by atoms with Gasteiger partial charge in [-0.25, -0.2) is 0 Å². The normalized spacial score (nSPS) is 10.3. The van der Waals surface area contributed by atoms with Gasteiger partial charge >= 0.3 is 0 Å². The molecule has 0 aliphatic carbocycles. The van der Waals surface area contributed by atoms with Crippen LogP contribution in [-0.2, 0) is 0 Å². The Morgan fingerprint density at radius 3 is 2.60 bits per heavy atom. The number of nitrogens with zero attached hydrogens (tertiary/aromatic N) is 1. The number of aliphatic hydroxyl groups is 1. The molecule has 0 atom stereocenters. The quantitative estimate of drug-likeness (QED) is 0.502. The molecular formula is C15H25N3O2. The summed E-state index contributed by atoms with van der Waals surface area (Å²) in [5.74, 6) is -0.0315. The molecule has 0 saturated heterocycles. The highest BCUT2D eigenvalue weighted by Crippen LogP contribution is 2.20. The molecule has 4 N–H and O–H groups in total. The summed E-state index contributed by atoms with van der Waals surface area (Å²) < 4.78 is 0. The van der Waals surface area contributed by atoms with Gasteiger partial charge in [0, 0.05) is 32.8 Å². The maximum Gasteiger partial charge on any atom is 0.253 e. The molecule has 0 saturated carbocycles. The van der Waals surface area contributed by atoms with Gasteiger partial charge in [-0.05, 0) is 31.0 Å². The number of carbonyl (C=O) groups is 1. The Bertz CT molecular complexity index is 433. The first-order valence-electron chi connectivity index (χ1n) is 7.02. The second-order valence-corrected chi connectivity index (χ2v) is 5.07. The summed E-state index contributed by atoms with van der Waals surface area (Å²) in [6.45, 7) is 1.07. The monoisotopic (exact) mass is 279 g/mol. The summed E-state index contributed by atoms with van der Waals surface area (Å²) in [6.07, 6.45) is 3.98. The lowest BCUT2D eigenvalue weighted by Gasteiger charge is -2.14. The van der Waals surface area contributed by atoms with Gasteiger partial charge in [0.05, 0.1) is 11.4 Å². The van der Waals surface area contributed by atoms with E-state index in [2.05, 4.69) is 5.32 Å². The van der Waals surface area contributed by atoms with Crippen LogP contribution in [0.15, 0.2) is 18.2 Å². The Morgan fingerprint density at radius 2 is 1.95 bits per heavy atom. The van der Waals surface area contributed by atoms with Crippen LogP contribution in [-0.4, -0.2) is 43.2 Å². The van der Waals surface area contributed by atoms with Crippen LogP contribution in [0.25, 0.3) is 0 Å². The number of rotatable bonds is 8. The van der Waals surface area contributed by atoms with Crippen LogP contribution in [0.2, 0.25) is 0 Å². The largest absolute Gasteiger partial charge is 0.397 e. The zero-order valence-electron chi connectivity index (χ0n) is 12.4. The summed E-state index contributed by atoms with van der Waals surface area (Å²) in [7, 11) is 3.46. The molecule has 112 valence electrons. The molecule has 0 bridgehead atoms. The average molecular weight is 279 g/mol. The Morgan fingerprint density at radius 1 is 1.25 bits per heavy atom. The van der Waals surface area contributed by atoms with Crippen LogP contribution in [0, 0.1) is 0 Å². The van der Waals surface area contributed by atoms with Crippen molar-refractivity contribution in [1.82, 2.24) is 4.90 Å². The molecule has 1 amide bonds. The predicted octanol–water partition coefficient (Wildman–Crippen LogP) is 1.94. The van der Waals surface area contributed by atoms with Gasteiger partial charge in [-0.2, -0.15) is 0 Å². The summed E-state index contributed by atoms with van der Waals surface area (Å²) in [6, 6.07) is 5.29. The first kappa shape index (κ1) is 16.3. The van der Waals surface area contributed by atoms with E-state index in [9.17, 15) is 4.79 Å². The molecule has 0 aromatic heterocycles. The first-order valence-corrected chi connectivity index (χ1v) is 7.02. The molecule has 0 aliphatic heterocycles. The van der Waals surface area contributed by atoms with Crippen LogP contribution in [0.4, 0.5) is 11.4 Å². The van der Waals surface area contributed by atoms with E-state index >= 15 is 0 Å². The van der Waals surface area contributed by atoms with Crippen LogP contribution >= 0.6 is 0 Å². The summed E-state index contributed by atoms with van der Waals surface area (Å²) in [5, 5.41) is 12.0. The fraction of sp³-hybridized carbons (Fsp3) is 0.533. The van der Waals surface area contributed by atoms with E-state index in [4.69, 9.17) is 10.8 Å². The number of hydrogen-bond acceptors (Lipinski definition) is 4. The predicted molar refractivity (Wildman–Crippen MR) is 82.9 cm³/mol. The van der Waals surface area contributed by atoms with Crippen molar-refractivity contribution in [2.75, 3.05) is 38.3 Å². The van der Waals surface area contributed by atoms with Gasteiger partial charge in [-0.1, -0.05) is 12.8 Å². The van der Waals surface area contributed by atoms with Gasteiger partial charge in [0.2, 0.25) is 0 Å². The lowest BCUT2D eigenvalue weighted by molar-refractivity contribution is 0.0827.